The number of aliphatic hydroxyl groups excluding tert-OH is 1. The summed E-state index contributed by atoms with van der Waals surface area (Å²) in [5.41, 5.74) is 2.60. The van der Waals surface area contributed by atoms with Crippen LogP contribution in [0.4, 0.5) is 0 Å². The van der Waals surface area contributed by atoms with Crippen molar-refractivity contribution in [1.82, 2.24) is 5.32 Å². The summed E-state index contributed by atoms with van der Waals surface area (Å²) in [5.74, 6) is 0.231. The zero-order valence-electron chi connectivity index (χ0n) is 11.7. The Hall–Kier alpha value is -1.59. The number of nitrogens with one attached hydrogen (secondary N) is 1. The van der Waals surface area contributed by atoms with Crippen molar-refractivity contribution < 1.29 is 19.4 Å². The van der Waals surface area contributed by atoms with Crippen LogP contribution >= 0.6 is 0 Å². The minimum absolute atomic E-state index is 0.155. The highest BCUT2D eigenvalue weighted by molar-refractivity contribution is 5.98. The molecule has 1 fully saturated rings. The second-order valence-corrected chi connectivity index (χ2v) is 5.49. The van der Waals surface area contributed by atoms with Crippen LogP contribution in [0.5, 0.6) is 5.75 Å². The van der Waals surface area contributed by atoms with E-state index in [1.165, 1.54) is 0 Å². The fraction of sp³-hybridized carbons (Fsp3) is 0.533. The van der Waals surface area contributed by atoms with Gasteiger partial charge in [0.15, 0.2) is 6.23 Å². The van der Waals surface area contributed by atoms with Crippen molar-refractivity contribution in [3.63, 3.8) is 0 Å². The predicted molar refractivity (Wildman–Crippen MR) is 72.7 cm³/mol. The van der Waals surface area contributed by atoms with Crippen LogP contribution in [0.2, 0.25) is 0 Å². The largest absolute Gasteiger partial charge is 0.469 e. The number of aryl methyl sites for hydroxylation is 1. The Morgan fingerprint density at radius 2 is 2.15 bits per heavy atom. The lowest BCUT2D eigenvalue weighted by Gasteiger charge is -2.37. The topological polar surface area (TPSA) is 67.8 Å². The summed E-state index contributed by atoms with van der Waals surface area (Å²) in [4.78, 5) is 12.2. The molecule has 0 saturated carbocycles. The maximum atomic E-state index is 12.2. The van der Waals surface area contributed by atoms with Gasteiger partial charge in [-0.3, -0.25) is 4.79 Å². The van der Waals surface area contributed by atoms with Crippen LogP contribution < -0.4 is 10.1 Å². The van der Waals surface area contributed by atoms with E-state index in [0.29, 0.717) is 30.9 Å². The van der Waals surface area contributed by atoms with E-state index in [1.807, 2.05) is 19.9 Å². The number of amides is 1. The molecule has 1 aromatic rings. The Labute approximate surface area is 117 Å². The van der Waals surface area contributed by atoms with Gasteiger partial charge < -0.3 is 19.9 Å². The highest BCUT2D eigenvalue weighted by atomic mass is 16.5. The summed E-state index contributed by atoms with van der Waals surface area (Å²) in [6, 6.07) is 3.69. The fourth-order valence-electron chi connectivity index (χ4n) is 2.72. The van der Waals surface area contributed by atoms with E-state index in [1.54, 1.807) is 6.07 Å². The third-order valence-corrected chi connectivity index (χ3v) is 4.19. The Balaban J connectivity index is 1.91. The molecule has 20 heavy (non-hydrogen) atoms. The number of aliphatic hydroxyl groups is 1. The molecule has 0 spiro atoms. The molecule has 0 bridgehead atoms. The van der Waals surface area contributed by atoms with Gasteiger partial charge in [-0.15, -0.1) is 0 Å². The number of ether oxygens (including phenoxy) is 2. The van der Waals surface area contributed by atoms with Gasteiger partial charge in [0.1, 0.15) is 5.75 Å². The first-order valence-electron chi connectivity index (χ1n) is 6.91. The number of rotatable bonds is 1. The van der Waals surface area contributed by atoms with Crippen LogP contribution in [0.1, 0.15) is 27.9 Å². The molecule has 1 aromatic carbocycles. The van der Waals surface area contributed by atoms with E-state index >= 15 is 0 Å². The summed E-state index contributed by atoms with van der Waals surface area (Å²) in [6.07, 6.45) is -0.480. The zero-order chi connectivity index (χ0) is 14.3. The van der Waals surface area contributed by atoms with E-state index in [-0.39, 0.29) is 11.8 Å². The molecule has 1 saturated heterocycles. The summed E-state index contributed by atoms with van der Waals surface area (Å²) in [7, 11) is 0. The molecule has 0 aliphatic carbocycles. The molecule has 1 unspecified atom stereocenters. The van der Waals surface area contributed by atoms with E-state index in [9.17, 15) is 9.90 Å². The molecule has 5 heteroatoms. The second kappa shape index (κ2) is 5.07. The SMILES string of the molecule is Cc1ccc2c(c1C)OC([C@@H]1COCC[C@H]1O)NC2=O. The number of carbonyl (C=O) groups is 1. The van der Waals surface area contributed by atoms with Crippen molar-refractivity contribution in [3.05, 3.63) is 28.8 Å². The molecular formula is C15H19NO4. The number of carbonyl (C=O) groups excluding carboxylic acids is 1. The van der Waals surface area contributed by atoms with Gasteiger partial charge in [-0.1, -0.05) is 6.07 Å². The Morgan fingerprint density at radius 1 is 1.35 bits per heavy atom. The number of hydrogen-bond acceptors (Lipinski definition) is 4. The van der Waals surface area contributed by atoms with Gasteiger partial charge in [-0.05, 0) is 37.5 Å². The third kappa shape index (κ3) is 2.17. The van der Waals surface area contributed by atoms with Gasteiger partial charge in [-0.2, -0.15) is 0 Å². The maximum absolute atomic E-state index is 12.2. The number of hydrogen-bond donors (Lipinski definition) is 2. The predicted octanol–water partition coefficient (Wildman–Crippen LogP) is 1.15. The van der Waals surface area contributed by atoms with Crippen molar-refractivity contribution in [3.8, 4) is 5.75 Å². The second-order valence-electron chi connectivity index (χ2n) is 5.49. The van der Waals surface area contributed by atoms with Gasteiger partial charge in [0.05, 0.1) is 24.2 Å². The van der Waals surface area contributed by atoms with Crippen LogP contribution in [0.15, 0.2) is 12.1 Å². The van der Waals surface area contributed by atoms with E-state index < -0.39 is 12.3 Å². The van der Waals surface area contributed by atoms with Crippen LogP contribution in [0.3, 0.4) is 0 Å². The summed E-state index contributed by atoms with van der Waals surface area (Å²) < 4.78 is 11.3. The van der Waals surface area contributed by atoms with E-state index in [0.717, 1.165) is 11.1 Å². The average Bonchev–Trinajstić information content (AvgIpc) is 2.43. The van der Waals surface area contributed by atoms with Crippen molar-refractivity contribution >= 4 is 5.91 Å². The van der Waals surface area contributed by atoms with Gasteiger partial charge in [-0.25, -0.2) is 0 Å². The summed E-state index contributed by atoms with van der Waals surface area (Å²) >= 11 is 0. The molecule has 2 heterocycles. The Bertz CT molecular complexity index is 543. The molecular weight excluding hydrogens is 258 g/mol. The maximum Gasteiger partial charge on any atom is 0.257 e. The van der Waals surface area contributed by atoms with Gasteiger partial charge in [0, 0.05) is 6.61 Å². The number of benzene rings is 1. The van der Waals surface area contributed by atoms with E-state index in [2.05, 4.69) is 5.32 Å². The molecule has 2 aliphatic rings. The molecule has 5 nitrogen and oxygen atoms in total. The van der Waals surface area contributed by atoms with Crippen LogP contribution in [-0.4, -0.2) is 36.6 Å². The van der Waals surface area contributed by atoms with Crippen molar-refractivity contribution in [2.75, 3.05) is 13.2 Å². The lowest BCUT2D eigenvalue weighted by atomic mass is 9.94. The smallest absolute Gasteiger partial charge is 0.257 e. The molecule has 3 atom stereocenters. The highest BCUT2D eigenvalue weighted by Gasteiger charge is 2.38. The van der Waals surface area contributed by atoms with Crippen LogP contribution in [0.25, 0.3) is 0 Å². The molecule has 3 rings (SSSR count). The normalized spacial score (nSPS) is 29.4. The lowest BCUT2D eigenvalue weighted by Crippen LogP contribution is -2.54. The lowest BCUT2D eigenvalue weighted by molar-refractivity contribution is -0.0835. The number of fused-ring (bicyclic) bond motifs is 1. The molecule has 2 N–H and O–H groups in total. The molecule has 2 aliphatic heterocycles. The highest BCUT2D eigenvalue weighted by Crippen LogP contribution is 2.32. The van der Waals surface area contributed by atoms with Crippen LogP contribution in [0, 0.1) is 19.8 Å². The van der Waals surface area contributed by atoms with Gasteiger partial charge >= 0.3 is 0 Å². The standard InChI is InChI=1S/C15H19NO4/c1-8-3-4-10-13(9(8)2)20-15(16-14(10)18)11-7-19-6-5-12(11)17/h3-4,11-12,15,17H,5-7H2,1-2H3,(H,16,18)/t11-,12-,15?/m1/s1. The minimum atomic E-state index is -0.536. The first-order chi connectivity index (χ1) is 9.58. The van der Waals surface area contributed by atoms with Crippen molar-refractivity contribution in [1.29, 1.82) is 0 Å². The Morgan fingerprint density at radius 3 is 2.90 bits per heavy atom. The molecule has 0 radical (unpaired) electrons. The molecule has 0 aromatic heterocycles. The zero-order valence-corrected chi connectivity index (χ0v) is 11.7. The monoisotopic (exact) mass is 277 g/mol. The fourth-order valence-corrected chi connectivity index (χ4v) is 2.72. The van der Waals surface area contributed by atoms with Crippen molar-refractivity contribution in [2.24, 2.45) is 5.92 Å². The van der Waals surface area contributed by atoms with Crippen molar-refractivity contribution in [2.45, 2.75) is 32.6 Å². The van der Waals surface area contributed by atoms with Gasteiger partial charge in [0.2, 0.25) is 0 Å². The quantitative estimate of drug-likeness (QED) is 0.808. The third-order valence-electron chi connectivity index (χ3n) is 4.19. The molecule has 1 amide bonds. The van der Waals surface area contributed by atoms with Gasteiger partial charge in [0.25, 0.3) is 5.91 Å². The average molecular weight is 277 g/mol. The summed E-state index contributed by atoms with van der Waals surface area (Å²) in [6.45, 7) is 4.87. The minimum Gasteiger partial charge on any atom is -0.469 e. The van der Waals surface area contributed by atoms with Crippen LogP contribution in [-0.2, 0) is 4.74 Å². The summed E-state index contributed by atoms with van der Waals surface area (Å²) in [5, 5.41) is 12.9. The first kappa shape index (κ1) is 13.4. The first-order valence-corrected chi connectivity index (χ1v) is 6.91. The Kier molecular flexibility index (Phi) is 3.40. The van der Waals surface area contributed by atoms with E-state index in [4.69, 9.17) is 9.47 Å². The molecule has 108 valence electrons.